The molecule has 0 aromatic carbocycles. The molecule has 3 rings (SSSR count). The molecule has 6 heteroatoms. The largest absolute Gasteiger partial charge is 0.289 e. The highest BCUT2D eigenvalue weighted by molar-refractivity contribution is 7.15. The lowest BCUT2D eigenvalue weighted by atomic mass is 10.4. The number of halogens is 1. The van der Waals surface area contributed by atoms with Crippen LogP contribution < -0.4 is 0 Å². The van der Waals surface area contributed by atoms with Gasteiger partial charge in [0.15, 0.2) is 0 Å². The maximum absolute atomic E-state index is 5.81. The standard InChI is InChI=1S/C11H12ClN3S2/c12-11-14-13-10(17-11)7-15(8-3-4-8)6-9-2-1-5-16-9/h1-2,5,8H,3-4,6-7H2. The first-order valence-electron chi connectivity index (χ1n) is 5.55. The first kappa shape index (κ1) is 11.6. The molecule has 17 heavy (non-hydrogen) atoms. The zero-order chi connectivity index (χ0) is 11.7. The smallest absolute Gasteiger partial charge is 0.207 e. The van der Waals surface area contributed by atoms with Crippen LogP contribution in [0.3, 0.4) is 0 Å². The second-order valence-electron chi connectivity index (χ2n) is 4.16. The Morgan fingerprint density at radius 3 is 2.82 bits per heavy atom. The van der Waals surface area contributed by atoms with E-state index in [1.54, 1.807) is 0 Å². The summed E-state index contributed by atoms with van der Waals surface area (Å²) in [4.78, 5) is 3.88. The van der Waals surface area contributed by atoms with E-state index in [0.717, 1.165) is 24.1 Å². The van der Waals surface area contributed by atoms with Gasteiger partial charge < -0.3 is 0 Å². The second-order valence-corrected chi connectivity index (χ2v) is 6.84. The second kappa shape index (κ2) is 5.02. The number of rotatable bonds is 5. The van der Waals surface area contributed by atoms with E-state index in [0.29, 0.717) is 4.47 Å². The van der Waals surface area contributed by atoms with Gasteiger partial charge in [-0.1, -0.05) is 17.4 Å². The fraction of sp³-hybridized carbons (Fsp3) is 0.455. The van der Waals surface area contributed by atoms with Crippen molar-refractivity contribution >= 4 is 34.3 Å². The van der Waals surface area contributed by atoms with Gasteiger partial charge in [-0.3, -0.25) is 4.90 Å². The zero-order valence-corrected chi connectivity index (χ0v) is 11.6. The average Bonchev–Trinajstić information content (AvgIpc) is 2.89. The van der Waals surface area contributed by atoms with Gasteiger partial charge in [-0.05, 0) is 35.9 Å². The first-order valence-corrected chi connectivity index (χ1v) is 7.63. The maximum atomic E-state index is 5.81. The molecule has 1 fully saturated rings. The number of nitrogens with zero attached hydrogens (tertiary/aromatic N) is 3. The van der Waals surface area contributed by atoms with E-state index in [4.69, 9.17) is 11.6 Å². The van der Waals surface area contributed by atoms with Gasteiger partial charge in [-0.2, -0.15) is 0 Å². The van der Waals surface area contributed by atoms with E-state index in [1.807, 2.05) is 11.3 Å². The van der Waals surface area contributed by atoms with E-state index >= 15 is 0 Å². The van der Waals surface area contributed by atoms with Crippen LogP contribution in [0.25, 0.3) is 0 Å². The molecule has 0 aliphatic heterocycles. The van der Waals surface area contributed by atoms with E-state index in [1.165, 1.54) is 29.1 Å². The fourth-order valence-electron chi connectivity index (χ4n) is 1.83. The Balaban J connectivity index is 1.68. The highest BCUT2D eigenvalue weighted by Crippen LogP contribution is 2.31. The molecular formula is C11H12ClN3S2. The molecule has 0 saturated heterocycles. The third-order valence-corrected chi connectivity index (χ3v) is 4.65. The van der Waals surface area contributed by atoms with Crippen LogP contribution in [0.15, 0.2) is 17.5 Å². The van der Waals surface area contributed by atoms with Gasteiger partial charge >= 0.3 is 0 Å². The molecule has 2 aromatic heterocycles. The van der Waals surface area contributed by atoms with Crippen molar-refractivity contribution in [2.24, 2.45) is 0 Å². The molecule has 90 valence electrons. The van der Waals surface area contributed by atoms with Crippen LogP contribution in [0.4, 0.5) is 0 Å². The van der Waals surface area contributed by atoms with Gasteiger partial charge in [0.25, 0.3) is 0 Å². The molecule has 0 unspecified atom stereocenters. The maximum Gasteiger partial charge on any atom is 0.207 e. The third kappa shape index (κ3) is 3.04. The lowest BCUT2D eigenvalue weighted by Gasteiger charge is -2.19. The minimum Gasteiger partial charge on any atom is -0.289 e. The molecule has 0 amide bonds. The summed E-state index contributed by atoms with van der Waals surface area (Å²) in [7, 11) is 0. The Bertz CT molecular complexity index is 479. The summed E-state index contributed by atoms with van der Waals surface area (Å²) >= 11 is 9.10. The number of thiophene rings is 1. The van der Waals surface area contributed by atoms with Gasteiger partial charge in [-0.15, -0.1) is 21.5 Å². The van der Waals surface area contributed by atoms with E-state index in [-0.39, 0.29) is 0 Å². The van der Waals surface area contributed by atoms with Crippen molar-refractivity contribution in [3.63, 3.8) is 0 Å². The van der Waals surface area contributed by atoms with Gasteiger partial charge in [0.1, 0.15) is 5.01 Å². The number of hydrogen-bond acceptors (Lipinski definition) is 5. The molecule has 0 N–H and O–H groups in total. The number of hydrogen-bond donors (Lipinski definition) is 0. The molecule has 2 aromatic rings. The van der Waals surface area contributed by atoms with Gasteiger partial charge in [0.05, 0.1) is 6.54 Å². The van der Waals surface area contributed by atoms with Crippen LogP contribution in [0, 0.1) is 0 Å². The van der Waals surface area contributed by atoms with Crippen LogP contribution in [-0.2, 0) is 13.1 Å². The topological polar surface area (TPSA) is 29.0 Å². The summed E-state index contributed by atoms with van der Waals surface area (Å²) in [6.45, 7) is 1.88. The van der Waals surface area contributed by atoms with E-state index in [9.17, 15) is 0 Å². The van der Waals surface area contributed by atoms with Crippen LogP contribution in [0.5, 0.6) is 0 Å². The van der Waals surface area contributed by atoms with Gasteiger partial charge in [0.2, 0.25) is 4.47 Å². The molecule has 1 aliphatic carbocycles. The summed E-state index contributed by atoms with van der Waals surface area (Å²) in [6.07, 6.45) is 2.61. The molecule has 1 aliphatic rings. The third-order valence-electron chi connectivity index (χ3n) is 2.78. The van der Waals surface area contributed by atoms with E-state index < -0.39 is 0 Å². The van der Waals surface area contributed by atoms with Gasteiger partial charge in [0, 0.05) is 17.5 Å². The first-order chi connectivity index (χ1) is 8.31. The number of aromatic nitrogens is 2. The molecule has 0 bridgehead atoms. The van der Waals surface area contributed by atoms with Crippen molar-refractivity contribution in [2.45, 2.75) is 32.0 Å². The SMILES string of the molecule is Clc1nnc(CN(Cc2cccs2)C2CC2)s1. The molecule has 0 atom stereocenters. The highest BCUT2D eigenvalue weighted by atomic mass is 35.5. The van der Waals surface area contributed by atoms with Crippen molar-refractivity contribution < 1.29 is 0 Å². The quantitative estimate of drug-likeness (QED) is 0.843. The Morgan fingerprint density at radius 2 is 2.24 bits per heavy atom. The van der Waals surface area contributed by atoms with Gasteiger partial charge in [-0.25, -0.2) is 0 Å². The summed E-state index contributed by atoms with van der Waals surface area (Å²) < 4.78 is 0.534. The zero-order valence-electron chi connectivity index (χ0n) is 9.17. The lowest BCUT2D eigenvalue weighted by Crippen LogP contribution is -2.24. The molecule has 1 saturated carbocycles. The predicted octanol–water partition coefficient (Wildman–Crippen LogP) is 3.42. The summed E-state index contributed by atoms with van der Waals surface area (Å²) in [5.74, 6) is 0. The summed E-state index contributed by atoms with van der Waals surface area (Å²) in [6, 6.07) is 5.01. The molecular weight excluding hydrogens is 274 g/mol. The normalized spacial score (nSPS) is 15.6. The Morgan fingerprint density at radius 1 is 1.35 bits per heavy atom. The van der Waals surface area contributed by atoms with Crippen molar-refractivity contribution in [1.82, 2.24) is 15.1 Å². The van der Waals surface area contributed by atoms with Crippen molar-refractivity contribution in [3.8, 4) is 0 Å². The van der Waals surface area contributed by atoms with E-state index in [2.05, 4.69) is 32.6 Å². The fourth-order valence-corrected chi connectivity index (χ4v) is 3.45. The van der Waals surface area contributed by atoms with Crippen LogP contribution >= 0.6 is 34.3 Å². The minimum absolute atomic E-state index is 0.534. The monoisotopic (exact) mass is 285 g/mol. The van der Waals surface area contributed by atoms with Crippen molar-refractivity contribution in [1.29, 1.82) is 0 Å². The van der Waals surface area contributed by atoms with Crippen LogP contribution in [-0.4, -0.2) is 21.1 Å². The molecule has 0 spiro atoms. The van der Waals surface area contributed by atoms with Crippen molar-refractivity contribution in [2.75, 3.05) is 0 Å². The lowest BCUT2D eigenvalue weighted by molar-refractivity contribution is 0.247. The van der Waals surface area contributed by atoms with Crippen LogP contribution in [0.2, 0.25) is 4.47 Å². The molecule has 0 radical (unpaired) electrons. The minimum atomic E-state index is 0.534. The summed E-state index contributed by atoms with van der Waals surface area (Å²) in [5.41, 5.74) is 0. The predicted molar refractivity (Wildman–Crippen MR) is 71.5 cm³/mol. The average molecular weight is 286 g/mol. The Hall–Kier alpha value is -0.490. The molecule has 2 heterocycles. The highest BCUT2D eigenvalue weighted by Gasteiger charge is 2.29. The molecule has 3 nitrogen and oxygen atoms in total. The van der Waals surface area contributed by atoms with Crippen molar-refractivity contribution in [3.05, 3.63) is 31.9 Å². The van der Waals surface area contributed by atoms with Crippen LogP contribution in [0.1, 0.15) is 22.7 Å². The Labute approximate surface area is 113 Å². The summed E-state index contributed by atoms with van der Waals surface area (Å²) in [5, 5.41) is 11.1. The Kier molecular flexibility index (Phi) is 3.42.